The topological polar surface area (TPSA) is 86.3 Å². The maximum Gasteiger partial charge on any atom is 0.416 e. The summed E-state index contributed by atoms with van der Waals surface area (Å²) in [6, 6.07) is 5.99. The Morgan fingerprint density at radius 3 is 2.50 bits per heavy atom. The van der Waals surface area contributed by atoms with Crippen molar-refractivity contribution in [3.05, 3.63) is 70.7 Å². The van der Waals surface area contributed by atoms with Gasteiger partial charge in [-0.3, -0.25) is 9.48 Å². The third-order valence-electron chi connectivity index (χ3n) is 5.26. The van der Waals surface area contributed by atoms with Crippen molar-refractivity contribution in [1.29, 1.82) is 0 Å². The number of benzene rings is 1. The fraction of sp³-hybridized carbons (Fsp3) is 0.261. The maximum absolute atomic E-state index is 13.3. The maximum atomic E-state index is 13.3. The molecule has 2 N–H and O–H groups in total. The van der Waals surface area contributed by atoms with Crippen molar-refractivity contribution < 1.29 is 22.7 Å². The standard InChI is InChI=1S/C23H20F3N5O2.H2S/c1-14-12-30(19-7-5-18(6-8-19)23(24,25)26)22(32)21-16(11-29-31(14)21)4-3-15-10-28-20(27)9-17(15)13-33-2;/h5-11,14H,12-13H2,1-2H3,(H2,27,28);1H2/t14-;/m0./s1. The summed E-state index contributed by atoms with van der Waals surface area (Å²) in [7, 11) is 1.55. The third-order valence-corrected chi connectivity index (χ3v) is 5.26. The molecule has 1 aliphatic rings. The third kappa shape index (κ3) is 4.88. The molecule has 178 valence electrons. The molecule has 0 saturated heterocycles. The van der Waals surface area contributed by atoms with Crippen molar-refractivity contribution >= 4 is 30.9 Å². The van der Waals surface area contributed by atoms with Crippen molar-refractivity contribution in [2.45, 2.75) is 25.7 Å². The largest absolute Gasteiger partial charge is 0.416 e. The van der Waals surface area contributed by atoms with E-state index in [1.165, 1.54) is 29.4 Å². The van der Waals surface area contributed by atoms with Crippen LogP contribution in [0.3, 0.4) is 0 Å². The molecule has 3 heterocycles. The summed E-state index contributed by atoms with van der Waals surface area (Å²) < 4.78 is 45.5. The highest BCUT2D eigenvalue weighted by atomic mass is 32.1. The number of halogens is 3. The van der Waals surface area contributed by atoms with Gasteiger partial charge in [0, 0.05) is 31.1 Å². The van der Waals surface area contributed by atoms with Crippen molar-refractivity contribution in [2.75, 3.05) is 24.3 Å². The van der Waals surface area contributed by atoms with Crippen LogP contribution in [0.25, 0.3) is 0 Å². The summed E-state index contributed by atoms with van der Waals surface area (Å²) in [5.41, 5.74) is 7.37. The monoisotopic (exact) mass is 489 g/mol. The van der Waals surface area contributed by atoms with E-state index < -0.39 is 11.7 Å². The van der Waals surface area contributed by atoms with Gasteiger partial charge in [0.2, 0.25) is 0 Å². The van der Waals surface area contributed by atoms with E-state index in [9.17, 15) is 18.0 Å². The molecule has 34 heavy (non-hydrogen) atoms. The number of nitrogen functional groups attached to an aromatic ring is 1. The molecule has 1 amide bonds. The molecule has 0 radical (unpaired) electrons. The Hall–Kier alpha value is -3.49. The number of anilines is 2. The van der Waals surface area contributed by atoms with Crippen molar-refractivity contribution in [2.24, 2.45) is 0 Å². The van der Waals surface area contributed by atoms with Gasteiger partial charge in [-0.1, -0.05) is 11.8 Å². The average molecular weight is 490 g/mol. The molecule has 11 heteroatoms. The van der Waals surface area contributed by atoms with Gasteiger partial charge in [-0.2, -0.15) is 31.8 Å². The molecular formula is C23H22F3N5O2S. The lowest BCUT2D eigenvalue weighted by atomic mass is 10.1. The summed E-state index contributed by atoms with van der Waals surface area (Å²) in [6.07, 6.45) is -1.41. The minimum absolute atomic E-state index is 0. The zero-order valence-electron chi connectivity index (χ0n) is 18.3. The lowest BCUT2D eigenvalue weighted by Gasteiger charge is -2.32. The van der Waals surface area contributed by atoms with Gasteiger partial charge in [0.1, 0.15) is 11.5 Å². The first kappa shape index (κ1) is 25.1. The Labute approximate surface area is 201 Å². The van der Waals surface area contributed by atoms with Gasteiger partial charge in [-0.25, -0.2) is 4.98 Å². The van der Waals surface area contributed by atoms with Gasteiger partial charge in [0.05, 0.1) is 30.0 Å². The van der Waals surface area contributed by atoms with E-state index in [4.69, 9.17) is 10.5 Å². The lowest BCUT2D eigenvalue weighted by Crippen LogP contribution is -2.43. The van der Waals surface area contributed by atoms with Crippen LogP contribution in [0.2, 0.25) is 0 Å². The highest BCUT2D eigenvalue weighted by Crippen LogP contribution is 2.32. The Morgan fingerprint density at radius 2 is 1.85 bits per heavy atom. The van der Waals surface area contributed by atoms with E-state index in [-0.39, 0.29) is 37.7 Å². The van der Waals surface area contributed by atoms with E-state index in [1.807, 2.05) is 6.92 Å². The van der Waals surface area contributed by atoms with Crippen LogP contribution >= 0.6 is 13.5 Å². The number of nitrogens with zero attached hydrogens (tertiary/aromatic N) is 4. The SMILES string of the molecule is COCc1cc(N)ncc1C#Cc1cnn2c1C(=O)N(c1ccc(C(F)(F)F)cc1)C[C@@H]2C.S. The molecule has 0 spiro atoms. The summed E-state index contributed by atoms with van der Waals surface area (Å²) in [4.78, 5) is 18.8. The second kappa shape index (κ2) is 9.79. The van der Waals surface area contributed by atoms with Gasteiger partial charge < -0.3 is 15.4 Å². The first-order chi connectivity index (χ1) is 15.7. The zero-order chi connectivity index (χ0) is 23.8. The van der Waals surface area contributed by atoms with E-state index in [2.05, 4.69) is 21.9 Å². The normalized spacial score (nSPS) is 15.3. The van der Waals surface area contributed by atoms with E-state index in [1.54, 1.807) is 17.9 Å². The Bertz CT molecular complexity index is 1260. The van der Waals surface area contributed by atoms with Gasteiger partial charge in [0.15, 0.2) is 0 Å². The van der Waals surface area contributed by atoms with Crippen LogP contribution in [-0.4, -0.2) is 34.3 Å². The number of fused-ring (bicyclic) bond motifs is 1. The highest BCUT2D eigenvalue weighted by molar-refractivity contribution is 7.59. The van der Waals surface area contributed by atoms with Crippen LogP contribution in [0.4, 0.5) is 24.7 Å². The smallest absolute Gasteiger partial charge is 0.384 e. The molecule has 1 aliphatic heterocycles. The number of carbonyl (C=O) groups is 1. The van der Waals surface area contributed by atoms with E-state index >= 15 is 0 Å². The summed E-state index contributed by atoms with van der Waals surface area (Å²) in [5.74, 6) is 5.92. The number of rotatable bonds is 3. The molecule has 0 aliphatic carbocycles. The van der Waals surface area contributed by atoms with E-state index in [0.29, 0.717) is 29.2 Å². The zero-order valence-corrected chi connectivity index (χ0v) is 19.3. The first-order valence-electron chi connectivity index (χ1n) is 10.0. The number of alkyl halides is 3. The van der Waals surface area contributed by atoms with Crippen LogP contribution in [0.5, 0.6) is 0 Å². The summed E-state index contributed by atoms with van der Waals surface area (Å²) in [6.45, 7) is 2.43. The molecule has 0 fully saturated rings. The molecular weight excluding hydrogens is 467 g/mol. The van der Waals surface area contributed by atoms with E-state index in [0.717, 1.165) is 17.7 Å². The van der Waals surface area contributed by atoms with Crippen molar-refractivity contribution in [3.8, 4) is 11.8 Å². The van der Waals surface area contributed by atoms with Gasteiger partial charge >= 0.3 is 6.18 Å². The predicted octanol–water partition coefficient (Wildman–Crippen LogP) is 3.76. The molecule has 7 nitrogen and oxygen atoms in total. The molecule has 2 aromatic heterocycles. The van der Waals surface area contributed by atoms with Crippen LogP contribution < -0.4 is 10.6 Å². The molecule has 1 aromatic carbocycles. The fourth-order valence-electron chi connectivity index (χ4n) is 3.64. The van der Waals surface area contributed by atoms with Crippen molar-refractivity contribution in [3.63, 3.8) is 0 Å². The van der Waals surface area contributed by atoms with Crippen LogP contribution in [0.15, 0.2) is 42.7 Å². The lowest BCUT2D eigenvalue weighted by molar-refractivity contribution is -0.137. The molecule has 0 saturated carbocycles. The van der Waals surface area contributed by atoms with Crippen LogP contribution in [-0.2, 0) is 17.5 Å². The summed E-state index contributed by atoms with van der Waals surface area (Å²) in [5, 5.41) is 4.31. The number of carbonyl (C=O) groups excluding carboxylic acids is 1. The number of ether oxygens (including phenoxy) is 1. The van der Waals surface area contributed by atoms with Crippen LogP contribution in [0, 0.1) is 11.8 Å². The molecule has 4 rings (SSSR count). The molecule has 0 unspecified atom stereocenters. The highest BCUT2D eigenvalue weighted by Gasteiger charge is 2.34. The Morgan fingerprint density at radius 1 is 1.18 bits per heavy atom. The number of methoxy groups -OCH3 is 1. The number of hydrogen-bond donors (Lipinski definition) is 1. The second-order valence-electron chi connectivity index (χ2n) is 7.61. The first-order valence-corrected chi connectivity index (χ1v) is 10.0. The Balaban J connectivity index is 0.00000324. The molecule has 3 aromatic rings. The quantitative estimate of drug-likeness (QED) is 0.567. The van der Waals surface area contributed by atoms with Gasteiger partial charge in [-0.05, 0) is 42.8 Å². The van der Waals surface area contributed by atoms with Gasteiger partial charge in [0.25, 0.3) is 5.91 Å². The number of amides is 1. The molecule has 1 atom stereocenters. The summed E-state index contributed by atoms with van der Waals surface area (Å²) >= 11 is 0. The number of hydrogen-bond acceptors (Lipinski definition) is 5. The predicted molar refractivity (Wildman–Crippen MR) is 126 cm³/mol. The minimum atomic E-state index is -4.45. The van der Waals surface area contributed by atoms with Crippen molar-refractivity contribution in [1.82, 2.24) is 14.8 Å². The minimum Gasteiger partial charge on any atom is -0.384 e. The molecule has 0 bridgehead atoms. The fourth-order valence-corrected chi connectivity index (χ4v) is 3.64. The van der Waals surface area contributed by atoms with Gasteiger partial charge in [-0.15, -0.1) is 0 Å². The average Bonchev–Trinajstić information content (AvgIpc) is 3.20. The number of pyridine rings is 1. The second-order valence-corrected chi connectivity index (χ2v) is 7.61. The van der Waals surface area contributed by atoms with Crippen LogP contribution in [0.1, 0.15) is 45.7 Å². The number of nitrogens with two attached hydrogens (primary N) is 1. The Kier molecular flexibility index (Phi) is 7.24. The number of aromatic nitrogens is 3.